The van der Waals surface area contributed by atoms with Crippen molar-refractivity contribution in [3.8, 4) is 0 Å². The van der Waals surface area contributed by atoms with E-state index in [1.165, 1.54) is 11.3 Å². The topological polar surface area (TPSA) is 72.7 Å². The number of carbonyl (C=O) groups excluding carboxylic acids is 2. The van der Waals surface area contributed by atoms with Crippen LogP contribution in [0.5, 0.6) is 0 Å². The highest BCUT2D eigenvalue weighted by Gasteiger charge is 2.08. The number of nitrogens with one attached hydrogen (secondary N) is 1. The van der Waals surface area contributed by atoms with Gasteiger partial charge in [-0.3, -0.25) is 9.59 Å². The standard InChI is InChI=1S/C17H21N3O3S/c1-12-4-6-14(7-5-12)16(22)19-17-20(10-13(2)24-17)11-15(21)18-8-9-23-3/h4-7,10H,8-9,11H2,1-3H3,(H,18,21). The summed E-state index contributed by atoms with van der Waals surface area (Å²) < 4.78 is 6.59. The van der Waals surface area contributed by atoms with Gasteiger partial charge >= 0.3 is 0 Å². The van der Waals surface area contributed by atoms with Gasteiger partial charge in [0.05, 0.1) is 6.61 Å². The van der Waals surface area contributed by atoms with E-state index >= 15 is 0 Å². The van der Waals surface area contributed by atoms with Crippen LogP contribution in [0, 0.1) is 13.8 Å². The molecule has 24 heavy (non-hydrogen) atoms. The summed E-state index contributed by atoms with van der Waals surface area (Å²) in [5.74, 6) is -0.459. The van der Waals surface area contributed by atoms with Gasteiger partial charge in [0.2, 0.25) is 5.91 Å². The van der Waals surface area contributed by atoms with E-state index in [-0.39, 0.29) is 18.4 Å². The number of methoxy groups -OCH3 is 1. The number of hydrogen-bond donors (Lipinski definition) is 1. The summed E-state index contributed by atoms with van der Waals surface area (Å²) in [6.45, 7) is 4.91. The lowest BCUT2D eigenvalue weighted by Gasteiger charge is -2.05. The normalized spacial score (nSPS) is 11.5. The molecule has 0 fully saturated rings. The van der Waals surface area contributed by atoms with Crippen molar-refractivity contribution in [3.63, 3.8) is 0 Å². The van der Waals surface area contributed by atoms with Gasteiger partial charge in [-0.25, -0.2) is 0 Å². The Balaban J connectivity index is 2.16. The zero-order chi connectivity index (χ0) is 17.5. The molecule has 0 saturated carbocycles. The highest BCUT2D eigenvalue weighted by Crippen LogP contribution is 2.06. The molecule has 0 atom stereocenters. The maximum absolute atomic E-state index is 12.3. The van der Waals surface area contributed by atoms with Crippen LogP contribution in [0.3, 0.4) is 0 Å². The Morgan fingerprint density at radius 1 is 1.25 bits per heavy atom. The van der Waals surface area contributed by atoms with Crippen LogP contribution in [0.2, 0.25) is 0 Å². The minimum atomic E-state index is -0.314. The molecule has 1 N–H and O–H groups in total. The number of aromatic nitrogens is 1. The first-order chi connectivity index (χ1) is 11.5. The average molecular weight is 347 g/mol. The van der Waals surface area contributed by atoms with E-state index < -0.39 is 0 Å². The minimum absolute atomic E-state index is 0.119. The third-order valence-corrected chi connectivity index (χ3v) is 4.21. The van der Waals surface area contributed by atoms with E-state index in [9.17, 15) is 9.59 Å². The molecule has 2 aromatic rings. The smallest absolute Gasteiger partial charge is 0.279 e. The predicted molar refractivity (Wildman–Crippen MR) is 93.0 cm³/mol. The maximum atomic E-state index is 12.3. The highest BCUT2D eigenvalue weighted by molar-refractivity contribution is 7.09. The van der Waals surface area contributed by atoms with Crippen LogP contribution in [-0.2, 0) is 16.1 Å². The summed E-state index contributed by atoms with van der Waals surface area (Å²) in [4.78, 5) is 29.9. The van der Waals surface area contributed by atoms with Crippen molar-refractivity contribution in [2.24, 2.45) is 4.99 Å². The van der Waals surface area contributed by atoms with Crippen molar-refractivity contribution >= 4 is 23.2 Å². The molecule has 0 spiro atoms. The molecule has 128 valence electrons. The Morgan fingerprint density at radius 3 is 2.62 bits per heavy atom. The summed E-state index contributed by atoms with van der Waals surface area (Å²) in [6.07, 6.45) is 1.82. The Morgan fingerprint density at radius 2 is 1.96 bits per heavy atom. The zero-order valence-corrected chi connectivity index (χ0v) is 14.9. The molecule has 0 unspecified atom stereocenters. The lowest BCUT2D eigenvalue weighted by molar-refractivity contribution is -0.121. The lowest BCUT2D eigenvalue weighted by Crippen LogP contribution is -2.32. The lowest BCUT2D eigenvalue weighted by atomic mass is 10.1. The van der Waals surface area contributed by atoms with Gasteiger partial charge in [-0.15, -0.1) is 11.3 Å². The second-order valence-corrected chi connectivity index (χ2v) is 6.59. The number of hydrogen-bond acceptors (Lipinski definition) is 4. The van der Waals surface area contributed by atoms with Crippen molar-refractivity contribution in [3.05, 3.63) is 51.3 Å². The van der Waals surface area contributed by atoms with Crippen molar-refractivity contribution < 1.29 is 14.3 Å². The number of nitrogens with zero attached hydrogens (tertiary/aromatic N) is 2. The molecular weight excluding hydrogens is 326 g/mol. The fourth-order valence-electron chi connectivity index (χ4n) is 2.05. The first-order valence-electron chi connectivity index (χ1n) is 7.58. The SMILES string of the molecule is COCCNC(=O)Cn1cc(C)sc1=NC(=O)c1ccc(C)cc1. The summed E-state index contributed by atoms with van der Waals surface area (Å²) in [7, 11) is 1.58. The third-order valence-electron chi connectivity index (χ3n) is 3.27. The van der Waals surface area contributed by atoms with E-state index in [1.54, 1.807) is 23.8 Å². The van der Waals surface area contributed by atoms with Crippen LogP contribution in [-0.4, -0.2) is 36.6 Å². The number of aryl methyl sites for hydroxylation is 2. The van der Waals surface area contributed by atoms with Crippen LogP contribution in [0.1, 0.15) is 20.8 Å². The second-order valence-electron chi connectivity index (χ2n) is 5.38. The van der Waals surface area contributed by atoms with Gasteiger partial charge in [-0.1, -0.05) is 17.7 Å². The monoisotopic (exact) mass is 347 g/mol. The van der Waals surface area contributed by atoms with Crippen LogP contribution < -0.4 is 10.1 Å². The minimum Gasteiger partial charge on any atom is -0.383 e. The van der Waals surface area contributed by atoms with E-state index in [2.05, 4.69) is 10.3 Å². The van der Waals surface area contributed by atoms with Gasteiger partial charge in [-0.2, -0.15) is 4.99 Å². The van der Waals surface area contributed by atoms with E-state index in [0.29, 0.717) is 23.5 Å². The molecule has 0 aliphatic carbocycles. The Kier molecular flexibility index (Phi) is 6.45. The van der Waals surface area contributed by atoms with Crippen LogP contribution in [0.4, 0.5) is 0 Å². The Labute approximate surface area is 144 Å². The molecule has 0 bridgehead atoms. The van der Waals surface area contributed by atoms with Crippen molar-refractivity contribution in [1.29, 1.82) is 0 Å². The molecule has 6 nitrogen and oxygen atoms in total. The number of rotatable bonds is 6. The molecule has 1 aromatic heterocycles. The molecular formula is C17H21N3O3S. The highest BCUT2D eigenvalue weighted by atomic mass is 32.1. The van der Waals surface area contributed by atoms with Crippen molar-refractivity contribution in [2.45, 2.75) is 20.4 Å². The summed E-state index contributed by atoms with van der Waals surface area (Å²) in [6, 6.07) is 7.26. The first-order valence-corrected chi connectivity index (χ1v) is 8.39. The molecule has 0 radical (unpaired) electrons. The summed E-state index contributed by atoms with van der Waals surface area (Å²) in [5.41, 5.74) is 1.61. The van der Waals surface area contributed by atoms with Gasteiger partial charge in [0.1, 0.15) is 6.54 Å². The van der Waals surface area contributed by atoms with Gasteiger partial charge in [-0.05, 0) is 26.0 Å². The number of carbonyl (C=O) groups is 2. The molecule has 2 amide bonds. The fraction of sp³-hybridized carbons (Fsp3) is 0.353. The number of amides is 2. The molecule has 2 rings (SSSR count). The van der Waals surface area contributed by atoms with Gasteiger partial charge < -0.3 is 14.6 Å². The van der Waals surface area contributed by atoms with Crippen molar-refractivity contribution in [1.82, 2.24) is 9.88 Å². The number of ether oxygens (including phenoxy) is 1. The Bertz CT molecular complexity index is 775. The number of thiazole rings is 1. The van der Waals surface area contributed by atoms with E-state index in [0.717, 1.165) is 10.4 Å². The maximum Gasteiger partial charge on any atom is 0.279 e. The summed E-state index contributed by atoms with van der Waals surface area (Å²) >= 11 is 1.38. The molecule has 0 aliphatic heterocycles. The van der Waals surface area contributed by atoms with Crippen LogP contribution in [0.25, 0.3) is 0 Å². The third kappa shape index (κ3) is 5.14. The fourth-order valence-corrected chi connectivity index (χ4v) is 2.89. The van der Waals surface area contributed by atoms with Crippen LogP contribution >= 0.6 is 11.3 Å². The molecule has 1 heterocycles. The van der Waals surface area contributed by atoms with E-state index in [1.807, 2.05) is 32.2 Å². The van der Waals surface area contributed by atoms with E-state index in [4.69, 9.17) is 4.74 Å². The predicted octanol–water partition coefficient (Wildman–Crippen LogP) is 1.67. The molecule has 1 aromatic carbocycles. The molecule has 0 saturated heterocycles. The molecule has 7 heteroatoms. The van der Waals surface area contributed by atoms with Gasteiger partial charge in [0, 0.05) is 30.3 Å². The number of benzene rings is 1. The first kappa shape index (κ1) is 18.1. The van der Waals surface area contributed by atoms with Crippen LogP contribution in [0.15, 0.2) is 35.5 Å². The Hall–Kier alpha value is -2.25. The largest absolute Gasteiger partial charge is 0.383 e. The quantitative estimate of drug-likeness (QED) is 0.808. The molecule has 0 aliphatic rings. The summed E-state index contributed by atoms with van der Waals surface area (Å²) in [5, 5.41) is 2.75. The van der Waals surface area contributed by atoms with Gasteiger partial charge in [0.15, 0.2) is 4.80 Å². The second kappa shape index (κ2) is 8.56. The zero-order valence-electron chi connectivity index (χ0n) is 14.0. The van der Waals surface area contributed by atoms with Crippen molar-refractivity contribution in [2.75, 3.05) is 20.3 Å². The average Bonchev–Trinajstić information content (AvgIpc) is 2.87. The van der Waals surface area contributed by atoms with Gasteiger partial charge in [0.25, 0.3) is 5.91 Å².